The molecule has 0 heterocycles. The third-order valence-electron chi connectivity index (χ3n) is 4.15. The fraction of sp³-hybridized carbons (Fsp3) is 0.600. The van der Waals surface area contributed by atoms with Crippen LogP contribution in [0.2, 0.25) is 0 Å². The van der Waals surface area contributed by atoms with Gasteiger partial charge >= 0.3 is 0 Å². The number of hydrogen-bond donors (Lipinski definition) is 0. The lowest BCUT2D eigenvalue weighted by Crippen LogP contribution is -1.96. The second-order valence-electron chi connectivity index (χ2n) is 7.42. The Bertz CT molecular complexity index is 533. The zero-order valence-electron chi connectivity index (χ0n) is 18.7. The van der Waals surface area contributed by atoms with Crippen LogP contribution in [0.1, 0.15) is 99.3 Å². The molecule has 0 rings (SSSR count). The van der Waals surface area contributed by atoms with Crippen molar-refractivity contribution in [3.05, 3.63) is 47.6 Å². The first-order chi connectivity index (χ1) is 12.6. The molecule has 0 unspecified atom stereocenters. The lowest BCUT2D eigenvalue weighted by atomic mass is 10.0. The van der Waals surface area contributed by atoms with Gasteiger partial charge in [0.2, 0.25) is 0 Å². The summed E-state index contributed by atoms with van der Waals surface area (Å²) in [5.74, 6) is 0.434. The van der Waals surface area contributed by atoms with Crippen LogP contribution in [0.5, 0.6) is 0 Å². The zero-order chi connectivity index (χ0) is 21.2. The highest BCUT2D eigenvalue weighted by Gasteiger charge is 2.02. The first-order valence-corrected chi connectivity index (χ1v) is 10.3. The lowest BCUT2D eigenvalue weighted by molar-refractivity contribution is -0.114. The van der Waals surface area contributed by atoms with Gasteiger partial charge in [-0.05, 0) is 83.8 Å². The van der Waals surface area contributed by atoms with Gasteiger partial charge in [0.05, 0.1) is 0 Å². The quantitative estimate of drug-likeness (QED) is 0.244. The van der Waals surface area contributed by atoms with E-state index >= 15 is 0 Å². The first-order valence-electron chi connectivity index (χ1n) is 10.3. The number of hydrogen-bond acceptors (Lipinski definition) is 2. The van der Waals surface area contributed by atoms with Crippen LogP contribution in [0.25, 0.3) is 0 Å². The van der Waals surface area contributed by atoms with Gasteiger partial charge in [0.1, 0.15) is 0 Å². The third-order valence-corrected chi connectivity index (χ3v) is 4.15. The summed E-state index contributed by atoms with van der Waals surface area (Å²) in [5.41, 5.74) is 4.33. The number of ketones is 2. The molecule has 0 aliphatic heterocycles. The van der Waals surface area contributed by atoms with E-state index in [-0.39, 0.29) is 11.6 Å². The molecule has 0 N–H and O–H groups in total. The summed E-state index contributed by atoms with van der Waals surface area (Å²) >= 11 is 0. The van der Waals surface area contributed by atoms with Gasteiger partial charge in [-0.3, -0.25) is 9.59 Å². The molecular weight excluding hydrogens is 332 g/mol. The van der Waals surface area contributed by atoms with Gasteiger partial charge in [0, 0.05) is 0 Å². The summed E-state index contributed by atoms with van der Waals surface area (Å²) in [6, 6.07) is 0. The van der Waals surface area contributed by atoms with Crippen LogP contribution in [0.15, 0.2) is 47.6 Å². The highest BCUT2D eigenvalue weighted by atomic mass is 16.1. The molecule has 0 radical (unpaired) electrons. The van der Waals surface area contributed by atoms with E-state index in [4.69, 9.17) is 0 Å². The molecule has 0 aromatic rings. The Balaban J connectivity index is 0. The van der Waals surface area contributed by atoms with E-state index in [1.807, 2.05) is 13.8 Å². The number of carbonyl (C=O) groups excluding carboxylic acids is 2. The Morgan fingerprint density at radius 2 is 1.07 bits per heavy atom. The van der Waals surface area contributed by atoms with E-state index in [9.17, 15) is 9.59 Å². The summed E-state index contributed by atoms with van der Waals surface area (Å²) < 4.78 is 0. The van der Waals surface area contributed by atoms with Crippen molar-refractivity contribution in [1.82, 2.24) is 0 Å². The molecule has 0 atom stereocenters. The van der Waals surface area contributed by atoms with Crippen molar-refractivity contribution >= 4 is 11.6 Å². The lowest BCUT2D eigenvalue weighted by Gasteiger charge is -2.02. The maximum absolute atomic E-state index is 11.2. The van der Waals surface area contributed by atoms with Crippen molar-refractivity contribution in [2.45, 2.75) is 99.3 Å². The van der Waals surface area contributed by atoms with Gasteiger partial charge in [-0.1, -0.05) is 50.0 Å². The van der Waals surface area contributed by atoms with Crippen molar-refractivity contribution in [2.24, 2.45) is 0 Å². The normalized spacial score (nSPS) is 11.5. The molecule has 0 fully saturated rings. The smallest absolute Gasteiger partial charge is 0.155 e. The number of Topliss-reactive ketones (excluding diaryl/α,β-unsaturated/α-hetero) is 2. The minimum atomic E-state index is 0.212. The largest absolute Gasteiger partial charge is 0.295 e. The second-order valence-corrected chi connectivity index (χ2v) is 7.42. The van der Waals surface area contributed by atoms with Gasteiger partial charge < -0.3 is 0 Å². The molecule has 0 saturated carbocycles. The first kappa shape index (κ1) is 27.5. The van der Waals surface area contributed by atoms with E-state index < -0.39 is 0 Å². The number of unbranched alkanes of at least 4 members (excludes halogenated alkanes) is 1. The van der Waals surface area contributed by atoms with Crippen LogP contribution in [-0.4, -0.2) is 11.6 Å². The van der Waals surface area contributed by atoms with Gasteiger partial charge in [0.25, 0.3) is 0 Å². The standard InChI is InChI=1S/C13H22O.C12H20O/c1-5-6-9-13(12(4)14)10-7-8-11(2)3;1-5-7-12(11(4)13)9-6-8-10(2)3/h10H,2,5-9H2,1,3-4H3;9H,2,5-8H2,1,3-4H3. The number of allylic oxidation sites excluding steroid dienone is 6. The van der Waals surface area contributed by atoms with Crippen LogP contribution in [0.4, 0.5) is 0 Å². The van der Waals surface area contributed by atoms with Crippen molar-refractivity contribution in [1.29, 1.82) is 0 Å². The molecule has 0 saturated heterocycles. The molecule has 0 aromatic heterocycles. The van der Waals surface area contributed by atoms with E-state index in [2.05, 4.69) is 39.2 Å². The van der Waals surface area contributed by atoms with E-state index in [0.29, 0.717) is 0 Å². The molecule has 0 amide bonds. The molecule has 2 nitrogen and oxygen atoms in total. The van der Waals surface area contributed by atoms with E-state index in [1.165, 1.54) is 11.1 Å². The van der Waals surface area contributed by atoms with Crippen molar-refractivity contribution in [3.63, 3.8) is 0 Å². The molecule has 0 bridgehead atoms. The second kappa shape index (κ2) is 17.7. The summed E-state index contributed by atoms with van der Waals surface area (Å²) in [6.07, 6.45) is 13.1. The van der Waals surface area contributed by atoms with Crippen LogP contribution in [0.3, 0.4) is 0 Å². The zero-order valence-corrected chi connectivity index (χ0v) is 18.7. The molecule has 27 heavy (non-hydrogen) atoms. The molecule has 0 aromatic carbocycles. The Morgan fingerprint density at radius 1 is 0.667 bits per heavy atom. The van der Waals surface area contributed by atoms with Crippen molar-refractivity contribution in [2.75, 3.05) is 0 Å². The number of carbonyl (C=O) groups is 2. The summed E-state index contributed by atoms with van der Waals surface area (Å²) in [6.45, 7) is 19.2. The average molecular weight is 375 g/mol. The average Bonchev–Trinajstić information content (AvgIpc) is 2.56. The topological polar surface area (TPSA) is 34.1 Å². The van der Waals surface area contributed by atoms with Crippen molar-refractivity contribution in [3.8, 4) is 0 Å². The highest BCUT2D eigenvalue weighted by molar-refractivity contribution is 5.93. The molecule has 0 spiro atoms. The highest BCUT2D eigenvalue weighted by Crippen LogP contribution is 2.12. The Kier molecular flexibility index (Phi) is 18.0. The molecule has 0 aliphatic rings. The minimum absolute atomic E-state index is 0.212. The SMILES string of the molecule is C=C(C)CCC=C(CCC)C(C)=O.C=C(C)CCC=C(CCCC)C(C)=O. The predicted molar refractivity (Wildman–Crippen MR) is 120 cm³/mol. The third kappa shape index (κ3) is 18.9. The van der Waals surface area contributed by atoms with Gasteiger partial charge in [-0.2, -0.15) is 0 Å². The van der Waals surface area contributed by atoms with E-state index in [0.717, 1.165) is 68.9 Å². The van der Waals surface area contributed by atoms with Gasteiger partial charge in [-0.15, -0.1) is 13.2 Å². The minimum Gasteiger partial charge on any atom is -0.295 e. The van der Waals surface area contributed by atoms with Crippen LogP contribution < -0.4 is 0 Å². The van der Waals surface area contributed by atoms with Crippen molar-refractivity contribution < 1.29 is 9.59 Å². The monoisotopic (exact) mass is 374 g/mol. The Morgan fingerprint density at radius 3 is 1.37 bits per heavy atom. The summed E-state index contributed by atoms with van der Waals surface area (Å²) in [5, 5.41) is 0. The molecule has 0 aliphatic carbocycles. The van der Waals surface area contributed by atoms with Gasteiger partial charge in [-0.25, -0.2) is 0 Å². The van der Waals surface area contributed by atoms with Gasteiger partial charge in [0.15, 0.2) is 11.6 Å². The summed E-state index contributed by atoms with van der Waals surface area (Å²) in [4.78, 5) is 22.4. The Hall–Kier alpha value is -1.70. The molecule has 2 heteroatoms. The molecular formula is C25H42O2. The van der Waals surface area contributed by atoms with Crippen LogP contribution >= 0.6 is 0 Å². The maximum Gasteiger partial charge on any atom is 0.155 e. The van der Waals surface area contributed by atoms with Crippen LogP contribution in [-0.2, 0) is 9.59 Å². The Labute approximate surface area is 168 Å². The van der Waals surface area contributed by atoms with Crippen LogP contribution in [0, 0.1) is 0 Å². The summed E-state index contributed by atoms with van der Waals surface area (Å²) in [7, 11) is 0. The maximum atomic E-state index is 11.2. The predicted octanol–water partition coefficient (Wildman–Crippen LogP) is 7.71. The fourth-order valence-electron chi connectivity index (χ4n) is 2.47. The molecule has 154 valence electrons. The van der Waals surface area contributed by atoms with E-state index in [1.54, 1.807) is 13.8 Å². The number of rotatable bonds is 13. The fourth-order valence-corrected chi connectivity index (χ4v) is 2.47.